The van der Waals surface area contributed by atoms with Gasteiger partial charge in [-0.2, -0.15) is 0 Å². The standard InChI is InChI=1S/C17H24N2O5/c1-17(15(20)21)7-8-19(12-17)16(22)18-11-13-3-5-14(6-4-13)24-10-9-23-2/h3-6H,7-12H2,1-2H3,(H,18,22)(H,20,21). The maximum absolute atomic E-state index is 12.2. The number of rotatable bonds is 7. The molecule has 2 amide bonds. The smallest absolute Gasteiger partial charge is 0.317 e. The van der Waals surface area contributed by atoms with Gasteiger partial charge in [-0.1, -0.05) is 12.1 Å². The molecular formula is C17H24N2O5. The molecule has 1 fully saturated rings. The fourth-order valence-electron chi connectivity index (χ4n) is 2.54. The summed E-state index contributed by atoms with van der Waals surface area (Å²) < 4.78 is 10.4. The summed E-state index contributed by atoms with van der Waals surface area (Å²) in [7, 11) is 1.62. The van der Waals surface area contributed by atoms with Crippen LogP contribution in [0.4, 0.5) is 4.79 Å². The molecule has 1 saturated heterocycles. The Hall–Kier alpha value is -2.28. The Balaban J connectivity index is 1.79. The molecule has 1 aromatic rings. The first-order valence-corrected chi connectivity index (χ1v) is 7.91. The van der Waals surface area contributed by atoms with Gasteiger partial charge in [0.05, 0.1) is 12.0 Å². The van der Waals surface area contributed by atoms with Crippen LogP contribution < -0.4 is 10.1 Å². The van der Waals surface area contributed by atoms with E-state index in [2.05, 4.69) is 5.32 Å². The third-order valence-electron chi connectivity index (χ3n) is 4.20. The van der Waals surface area contributed by atoms with Gasteiger partial charge in [-0.25, -0.2) is 4.79 Å². The van der Waals surface area contributed by atoms with E-state index in [1.165, 1.54) is 0 Å². The predicted octanol–water partition coefficient (Wildman–Crippen LogP) is 1.72. The Morgan fingerprint density at radius 3 is 2.58 bits per heavy atom. The van der Waals surface area contributed by atoms with Gasteiger partial charge in [0.25, 0.3) is 0 Å². The van der Waals surface area contributed by atoms with Crippen molar-refractivity contribution in [3.63, 3.8) is 0 Å². The molecule has 1 aliphatic rings. The molecule has 1 heterocycles. The number of benzene rings is 1. The lowest BCUT2D eigenvalue weighted by molar-refractivity contribution is -0.147. The third kappa shape index (κ3) is 4.61. The number of carboxylic acid groups (broad SMARTS) is 1. The van der Waals surface area contributed by atoms with Crippen molar-refractivity contribution in [1.82, 2.24) is 10.2 Å². The number of carboxylic acids is 1. The number of carbonyl (C=O) groups is 2. The van der Waals surface area contributed by atoms with Crippen LogP contribution in [0.3, 0.4) is 0 Å². The summed E-state index contributed by atoms with van der Waals surface area (Å²) in [5.41, 5.74) is 0.0982. The molecule has 1 unspecified atom stereocenters. The van der Waals surface area contributed by atoms with Crippen molar-refractivity contribution in [3.8, 4) is 5.75 Å². The minimum Gasteiger partial charge on any atom is -0.491 e. The minimum absolute atomic E-state index is 0.236. The van der Waals surface area contributed by atoms with E-state index in [4.69, 9.17) is 9.47 Å². The number of urea groups is 1. The van der Waals surface area contributed by atoms with Crippen LogP contribution in [0.1, 0.15) is 18.9 Å². The van der Waals surface area contributed by atoms with E-state index < -0.39 is 11.4 Å². The van der Waals surface area contributed by atoms with E-state index in [1.807, 2.05) is 24.3 Å². The zero-order valence-corrected chi connectivity index (χ0v) is 14.1. The van der Waals surface area contributed by atoms with Crippen LogP contribution in [0.2, 0.25) is 0 Å². The highest BCUT2D eigenvalue weighted by Crippen LogP contribution is 2.30. The highest BCUT2D eigenvalue weighted by molar-refractivity contribution is 5.79. The second-order valence-electron chi connectivity index (χ2n) is 6.18. The average Bonchev–Trinajstić information content (AvgIpc) is 2.98. The monoisotopic (exact) mass is 336 g/mol. The van der Waals surface area contributed by atoms with Gasteiger partial charge in [0.15, 0.2) is 0 Å². The van der Waals surface area contributed by atoms with Crippen molar-refractivity contribution in [2.45, 2.75) is 19.9 Å². The maximum atomic E-state index is 12.2. The second kappa shape index (κ2) is 8.01. The molecule has 0 bridgehead atoms. The molecule has 0 radical (unpaired) electrons. The quantitative estimate of drug-likeness (QED) is 0.740. The highest BCUT2D eigenvalue weighted by Gasteiger charge is 2.42. The van der Waals surface area contributed by atoms with Crippen LogP contribution in [-0.4, -0.2) is 55.4 Å². The van der Waals surface area contributed by atoms with Crippen molar-refractivity contribution in [1.29, 1.82) is 0 Å². The van der Waals surface area contributed by atoms with Gasteiger partial charge in [-0.05, 0) is 31.0 Å². The van der Waals surface area contributed by atoms with E-state index in [-0.39, 0.29) is 12.6 Å². The van der Waals surface area contributed by atoms with E-state index in [0.29, 0.717) is 32.7 Å². The number of methoxy groups -OCH3 is 1. The molecule has 7 heteroatoms. The van der Waals surface area contributed by atoms with E-state index in [0.717, 1.165) is 11.3 Å². The van der Waals surface area contributed by atoms with E-state index in [9.17, 15) is 14.7 Å². The Labute approximate surface area is 141 Å². The molecule has 1 atom stereocenters. The van der Waals surface area contributed by atoms with E-state index in [1.54, 1.807) is 18.9 Å². The molecule has 132 valence electrons. The van der Waals surface area contributed by atoms with Gasteiger partial charge >= 0.3 is 12.0 Å². The summed E-state index contributed by atoms with van der Waals surface area (Å²) in [6.07, 6.45) is 0.475. The van der Waals surface area contributed by atoms with Crippen LogP contribution in [0.5, 0.6) is 5.75 Å². The first-order chi connectivity index (χ1) is 11.4. The van der Waals surface area contributed by atoms with Crippen molar-refractivity contribution in [3.05, 3.63) is 29.8 Å². The van der Waals surface area contributed by atoms with Gasteiger partial charge in [0.2, 0.25) is 0 Å². The van der Waals surface area contributed by atoms with Crippen LogP contribution in [0.25, 0.3) is 0 Å². The molecule has 0 saturated carbocycles. The van der Waals surface area contributed by atoms with Crippen LogP contribution in [-0.2, 0) is 16.1 Å². The number of nitrogens with zero attached hydrogens (tertiary/aromatic N) is 1. The van der Waals surface area contributed by atoms with Gasteiger partial charge in [0, 0.05) is 26.7 Å². The fraction of sp³-hybridized carbons (Fsp3) is 0.529. The number of hydrogen-bond donors (Lipinski definition) is 2. The fourth-order valence-corrected chi connectivity index (χ4v) is 2.54. The topological polar surface area (TPSA) is 88.1 Å². The number of hydrogen-bond acceptors (Lipinski definition) is 4. The summed E-state index contributed by atoms with van der Waals surface area (Å²) in [6, 6.07) is 7.21. The Morgan fingerprint density at radius 2 is 2.00 bits per heavy atom. The summed E-state index contributed by atoms with van der Waals surface area (Å²) in [4.78, 5) is 24.9. The lowest BCUT2D eigenvalue weighted by Crippen LogP contribution is -2.40. The molecule has 7 nitrogen and oxygen atoms in total. The molecule has 1 aliphatic heterocycles. The van der Waals surface area contributed by atoms with Gasteiger partial charge in [-0.15, -0.1) is 0 Å². The second-order valence-corrected chi connectivity index (χ2v) is 6.18. The number of carbonyl (C=O) groups excluding carboxylic acids is 1. The third-order valence-corrected chi connectivity index (χ3v) is 4.20. The number of amides is 2. The van der Waals surface area contributed by atoms with Gasteiger partial charge in [0.1, 0.15) is 12.4 Å². The number of aliphatic carboxylic acids is 1. The summed E-state index contributed by atoms with van der Waals surface area (Å²) in [6.45, 7) is 3.77. The largest absolute Gasteiger partial charge is 0.491 e. The predicted molar refractivity (Wildman–Crippen MR) is 88.0 cm³/mol. The minimum atomic E-state index is -0.859. The first-order valence-electron chi connectivity index (χ1n) is 7.91. The van der Waals surface area contributed by atoms with Crippen molar-refractivity contribution in [2.75, 3.05) is 33.4 Å². The Bertz CT molecular complexity index is 575. The molecule has 1 aromatic carbocycles. The Kier molecular flexibility index (Phi) is 6.03. The molecule has 24 heavy (non-hydrogen) atoms. The molecular weight excluding hydrogens is 312 g/mol. The first kappa shape index (κ1) is 18.1. The SMILES string of the molecule is COCCOc1ccc(CNC(=O)N2CCC(C)(C(=O)O)C2)cc1. The van der Waals surface area contributed by atoms with E-state index >= 15 is 0 Å². The summed E-state index contributed by atoms with van der Waals surface area (Å²) >= 11 is 0. The lowest BCUT2D eigenvalue weighted by Gasteiger charge is -2.20. The summed E-state index contributed by atoms with van der Waals surface area (Å²) in [5, 5.41) is 12.0. The molecule has 2 rings (SSSR count). The summed E-state index contributed by atoms with van der Waals surface area (Å²) in [5.74, 6) is -0.110. The van der Waals surface area contributed by atoms with Crippen LogP contribution in [0, 0.1) is 5.41 Å². The van der Waals surface area contributed by atoms with Crippen LogP contribution >= 0.6 is 0 Å². The van der Waals surface area contributed by atoms with Crippen molar-refractivity contribution in [2.24, 2.45) is 5.41 Å². The molecule has 0 spiro atoms. The van der Waals surface area contributed by atoms with Crippen LogP contribution in [0.15, 0.2) is 24.3 Å². The molecule has 0 aromatic heterocycles. The normalized spacial score (nSPS) is 20.0. The number of likely N-dealkylation sites (tertiary alicyclic amines) is 1. The van der Waals surface area contributed by atoms with Gasteiger partial charge < -0.3 is 24.8 Å². The zero-order valence-electron chi connectivity index (χ0n) is 14.1. The van der Waals surface area contributed by atoms with Crippen molar-refractivity contribution < 1.29 is 24.2 Å². The Morgan fingerprint density at radius 1 is 1.29 bits per heavy atom. The lowest BCUT2D eigenvalue weighted by atomic mass is 9.90. The molecule has 2 N–H and O–H groups in total. The highest BCUT2D eigenvalue weighted by atomic mass is 16.5. The average molecular weight is 336 g/mol. The number of nitrogens with one attached hydrogen (secondary N) is 1. The number of ether oxygens (including phenoxy) is 2. The molecule has 0 aliphatic carbocycles. The van der Waals surface area contributed by atoms with Gasteiger partial charge in [-0.3, -0.25) is 4.79 Å². The zero-order chi connectivity index (χ0) is 17.6. The maximum Gasteiger partial charge on any atom is 0.317 e. The van der Waals surface area contributed by atoms with Crippen molar-refractivity contribution >= 4 is 12.0 Å².